The Kier molecular flexibility index (Phi) is 6.89. The zero-order valence-electron chi connectivity index (χ0n) is 13.3. The number of rotatable bonds is 7. The first-order valence-electron chi connectivity index (χ1n) is 7.61. The lowest BCUT2D eigenvalue weighted by molar-refractivity contribution is -0.127. The van der Waals surface area contributed by atoms with Gasteiger partial charge in [-0.25, -0.2) is 4.39 Å². The quantitative estimate of drug-likeness (QED) is 0.766. The van der Waals surface area contributed by atoms with Gasteiger partial charge >= 0.3 is 0 Å². The van der Waals surface area contributed by atoms with Gasteiger partial charge < -0.3 is 15.3 Å². The first-order chi connectivity index (χ1) is 11.5. The largest absolute Gasteiger partial charge is 0.394 e. The van der Waals surface area contributed by atoms with Gasteiger partial charge in [0.05, 0.1) is 23.6 Å². The van der Waals surface area contributed by atoms with E-state index in [1.165, 1.54) is 23.1 Å². The van der Waals surface area contributed by atoms with Crippen LogP contribution >= 0.6 is 23.4 Å². The molecule has 5 nitrogen and oxygen atoms in total. The molecule has 0 saturated carbocycles. The van der Waals surface area contributed by atoms with Crippen LogP contribution in [-0.4, -0.2) is 48.1 Å². The number of thioether (sulfide) groups is 1. The van der Waals surface area contributed by atoms with Crippen LogP contribution < -0.4 is 10.2 Å². The number of aliphatic hydroxyl groups excluding tert-OH is 1. The lowest BCUT2D eigenvalue weighted by Crippen LogP contribution is -2.42. The fourth-order valence-electron chi connectivity index (χ4n) is 2.57. The molecule has 2 atom stereocenters. The summed E-state index contributed by atoms with van der Waals surface area (Å²) in [6.07, 6.45) is 2.71. The van der Waals surface area contributed by atoms with Crippen LogP contribution in [0, 0.1) is 11.7 Å². The van der Waals surface area contributed by atoms with E-state index in [0.717, 1.165) is 5.75 Å². The number of hydrogen-bond acceptors (Lipinski definition) is 4. The zero-order chi connectivity index (χ0) is 17.7. The van der Waals surface area contributed by atoms with E-state index >= 15 is 0 Å². The van der Waals surface area contributed by atoms with Crippen LogP contribution in [0.4, 0.5) is 10.1 Å². The lowest BCUT2D eigenvalue weighted by Gasteiger charge is -2.19. The summed E-state index contributed by atoms with van der Waals surface area (Å²) in [5.74, 6) is -0.678. The molecular weight excluding hydrogens is 355 g/mol. The molecule has 2 amide bonds. The van der Waals surface area contributed by atoms with Gasteiger partial charge in [-0.1, -0.05) is 11.6 Å². The van der Waals surface area contributed by atoms with Gasteiger partial charge in [-0.15, -0.1) is 0 Å². The van der Waals surface area contributed by atoms with Crippen LogP contribution in [0.1, 0.15) is 12.8 Å². The number of anilines is 1. The maximum Gasteiger partial charge on any atom is 0.227 e. The number of carbonyl (C=O) groups excluding carboxylic acids is 2. The van der Waals surface area contributed by atoms with Crippen molar-refractivity contribution in [3.05, 3.63) is 29.0 Å². The normalized spacial score (nSPS) is 18.8. The van der Waals surface area contributed by atoms with Crippen molar-refractivity contribution < 1.29 is 19.1 Å². The van der Waals surface area contributed by atoms with E-state index in [4.69, 9.17) is 11.6 Å². The summed E-state index contributed by atoms with van der Waals surface area (Å²) in [5, 5.41) is 12.1. The average Bonchev–Trinajstić information content (AvgIpc) is 2.95. The monoisotopic (exact) mass is 374 g/mol. The van der Waals surface area contributed by atoms with Crippen molar-refractivity contribution in [2.75, 3.05) is 30.1 Å². The Hall–Kier alpha value is -1.31. The van der Waals surface area contributed by atoms with Crippen LogP contribution in [-0.2, 0) is 9.59 Å². The highest BCUT2D eigenvalue weighted by Gasteiger charge is 2.35. The Labute approximate surface area is 149 Å². The first kappa shape index (κ1) is 19.0. The summed E-state index contributed by atoms with van der Waals surface area (Å²) >= 11 is 7.39. The number of amides is 2. The van der Waals surface area contributed by atoms with Crippen LogP contribution in [0.5, 0.6) is 0 Å². The molecule has 2 N–H and O–H groups in total. The fraction of sp³-hybridized carbons (Fsp3) is 0.500. The van der Waals surface area contributed by atoms with Crippen molar-refractivity contribution >= 4 is 40.9 Å². The molecular formula is C16H20ClFN2O3S. The van der Waals surface area contributed by atoms with Crippen molar-refractivity contribution in [2.45, 2.75) is 18.9 Å². The minimum atomic E-state index is -0.555. The molecule has 24 heavy (non-hydrogen) atoms. The Bertz CT molecular complexity index is 617. The molecule has 0 bridgehead atoms. The summed E-state index contributed by atoms with van der Waals surface area (Å²) < 4.78 is 13.2. The van der Waals surface area contributed by atoms with E-state index < -0.39 is 11.7 Å². The van der Waals surface area contributed by atoms with E-state index in [2.05, 4.69) is 5.32 Å². The van der Waals surface area contributed by atoms with Gasteiger partial charge in [0.2, 0.25) is 11.8 Å². The molecule has 1 aromatic rings. The maximum atomic E-state index is 13.2. The third-order valence-corrected chi connectivity index (χ3v) is 4.88. The minimum absolute atomic E-state index is 0.0642. The lowest BCUT2D eigenvalue weighted by atomic mass is 10.1. The second-order valence-corrected chi connectivity index (χ2v) is 7.07. The summed E-state index contributed by atoms with van der Waals surface area (Å²) in [6, 6.07) is 3.73. The molecule has 132 valence electrons. The number of halogens is 2. The number of hydrogen-bond donors (Lipinski definition) is 2. The Morgan fingerprint density at radius 1 is 1.58 bits per heavy atom. The predicted molar refractivity (Wildman–Crippen MR) is 93.9 cm³/mol. The van der Waals surface area contributed by atoms with Crippen LogP contribution in [0.2, 0.25) is 5.02 Å². The van der Waals surface area contributed by atoms with Gasteiger partial charge in [-0.3, -0.25) is 9.59 Å². The van der Waals surface area contributed by atoms with E-state index in [1.807, 2.05) is 6.26 Å². The number of aliphatic hydroxyl groups is 1. The van der Waals surface area contributed by atoms with E-state index in [1.54, 1.807) is 11.8 Å². The molecule has 1 aromatic carbocycles. The fourth-order valence-corrected chi connectivity index (χ4v) is 3.27. The van der Waals surface area contributed by atoms with E-state index in [0.29, 0.717) is 12.1 Å². The predicted octanol–water partition coefficient (Wildman–Crippen LogP) is 2.06. The van der Waals surface area contributed by atoms with Gasteiger partial charge in [0.25, 0.3) is 0 Å². The van der Waals surface area contributed by atoms with Crippen molar-refractivity contribution in [3.8, 4) is 0 Å². The zero-order valence-corrected chi connectivity index (χ0v) is 14.9. The number of carbonyl (C=O) groups is 2. The standard InChI is InChI=1S/C16H20ClFN2O3S/c1-24-5-4-11(9-21)19-16(23)10-6-15(22)20(8-10)12-2-3-14(18)13(17)7-12/h2-3,7,10-11,21H,4-6,8-9H2,1H3,(H,19,23)/t10-,11+/m1/s1. The minimum Gasteiger partial charge on any atom is -0.394 e. The third-order valence-electron chi connectivity index (χ3n) is 3.95. The third kappa shape index (κ3) is 4.62. The summed E-state index contributed by atoms with van der Waals surface area (Å²) in [4.78, 5) is 25.9. The van der Waals surface area contributed by atoms with Crippen LogP contribution in [0.3, 0.4) is 0 Å². The van der Waals surface area contributed by atoms with Crippen molar-refractivity contribution in [3.63, 3.8) is 0 Å². The maximum absolute atomic E-state index is 13.2. The molecule has 0 unspecified atom stereocenters. The molecule has 1 aliphatic rings. The molecule has 0 aliphatic carbocycles. The molecule has 0 aromatic heterocycles. The van der Waals surface area contributed by atoms with Crippen molar-refractivity contribution in [1.29, 1.82) is 0 Å². The van der Waals surface area contributed by atoms with Gasteiger partial charge in [-0.2, -0.15) is 11.8 Å². The Morgan fingerprint density at radius 3 is 2.96 bits per heavy atom. The average molecular weight is 375 g/mol. The number of benzene rings is 1. The van der Waals surface area contributed by atoms with Crippen molar-refractivity contribution in [1.82, 2.24) is 5.32 Å². The number of nitrogens with one attached hydrogen (secondary N) is 1. The van der Waals surface area contributed by atoms with Gasteiger partial charge in [0.1, 0.15) is 5.82 Å². The topological polar surface area (TPSA) is 69.6 Å². The molecule has 1 fully saturated rings. The molecule has 2 rings (SSSR count). The molecule has 1 aliphatic heterocycles. The highest BCUT2D eigenvalue weighted by Crippen LogP contribution is 2.28. The summed E-state index contributed by atoms with van der Waals surface area (Å²) in [7, 11) is 0. The van der Waals surface area contributed by atoms with Gasteiger partial charge in [0, 0.05) is 18.7 Å². The van der Waals surface area contributed by atoms with Crippen molar-refractivity contribution in [2.24, 2.45) is 5.92 Å². The molecule has 0 radical (unpaired) electrons. The molecule has 1 saturated heterocycles. The Morgan fingerprint density at radius 2 is 2.33 bits per heavy atom. The van der Waals surface area contributed by atoms with E-state index in [9.17, 15) is 19.1 Å². The van der Waals surface area contributed by atoms with Gasteiger partial charge in [0.15, 0.2) is 0 Å². The molecule has 8 heteroatoms. The summed E-state index contributed by atoms with van der Waals surface area (Å²) in [5.41, 5.74) is 0.475. The smallest absolute Gasteiger partial charge is 0.227 e. The van der Waals surface area contributed by atoms with Crippen LogP contribution in [0.25, 0.3) is 0 Å². The molecule has 1 heterocycles. The summed E-state index contributed by atoms with van der Waals surface area (Å²) in [6.45, 7) is 0.0809. The highest BCUT2D eigenvalue weighted by molar-refractivity contribution is 7.98. The molecule has 0 spiro atoms. The Balaban J connectivity index is 2.00. The van der Waals surface area contributed by atoms with Gasteiger partial charge in [-0.05, 0) is 36.6 Å². The van der Waals surface area contributed by atoms with E-state index in [-0.39, 0.29) is 42.5 Å². The van der Waals surface area contributed by atoms with Crippen LogP contribution in [0.15, 0.2) is 18.2 Å². The first-order valence-corrected chi connectivity index (χ1v) is 9.39. The SMILES string of the molecule is CSCC[C@@H](CO)NC(=O)[C@@H]1CC(=O)N(c2ccc(F)c(Cl)c2)C1. The highest BCUT2D eigenvalue weighted by atomic mass is 35.5. The second-order valence-electron chi connectivity index (χ2n) is 5.67. The number of nitrogens with zero attached hydrogens (tertiary/aromatic N) is 1. The second kappa shape index (κ2) is 8.69.